The molecule has 0 radical (unpaired) electrons. The Morgan fingerprint density at radius 3 is 2.00 bits per heavy atom. The van der Waals surface area contributed by atoms with E-state index in [1.165, 1.54) is 43.5 Å². The molecular weight excluding hydrogens is 723 g/mol. The number of halogens is 8. The number of aromatic nitrogens is 5. The zero-order chi connectivity index (χ0) is 35.9. The van der Waals surface area contributed by atoms with E-state index >= 15 is 0 Å². The molecule has 49 heavy (non-hydrogen) atoms. The molecule has 9 nitrogen and oxygen atoms in total. The first-order valence-corrected chi connectivity index (χ1v) is 16.1. The highest BCUT2D eigenvalue weighted by molar-refractivity contribution is 7.91. The Hall–Kier alpha value is -4.80. The normalized spacial score (nSPS) is 12.2. The summed E-state index contributed by atoms with van der Waals surface area (Å²) in [5, 5.41) is 7.91. The summed E-state index contributed by atoms with van der Waals surface area (Å²) in [7, 11) is -3.90. The molecule has 3 heterocycles. The van der Waals surface area contributed by atoms with Crippen LogP contribution in [0.25, 0.3) is 38.5 Å². The summed E-state index contributed by atoms with van der Waals surface area (Å²) in [6.45, 7) is 1.43. The molecule has 0 aliphatic rings. The van der Waals surface area contributed by atoms with Crippen LogP contribution < -0.4 is 11.1 Å². The van der Waals surface area contributed by atoms with Crippen molar-refractivity contribution in [2.24, 2.45) is 0 Å². The molecule has 0 atom stereocenters. The minimum Gasteiger partial charge on any atom is -0.267 e. The second-order valence-electron chi connectivity index (χ2n) is 10.2. The van der Waals surface area contributed by atoms with Gasteiger partial charge in [0.15, 0.2) is 15.7 Å². The quantitative estimate of drug-likeness (QED) is 0.173. The van der Waals surface area contributed by atoms with Crippen molar-refractivity contribution in [2.45, 2.75) is 24.3 Å². The van der Waals surface area contributed by atoms with Gasteiger partial charge in [-0.25, -0.2) is 13.4 Å². The first-order chi connectivity index (χ1) is 22.9. The number of hydrogen-bond donors (Lipinski definition) is 0. The summed E-state index contributed by atoms with van der Waals surface area (Å²) in [4.78, 5) is 28.3. The van der Waals surface area contributed by atoms with Crippen LogP contribution >= 0.6 is 23.2 Å². The third-order valence-electron chi connectivity index (χ3n) is 6.99. The molecule has 0 spiro atoms. The van der Waals surface area contributed by atoms with E-state index in [0.29, 0.717) is 26.6 Å². The number of sulfone groups is 1. The third-order valence-corrected chi connectivity index (χ3v) is 9.16. The van der Waals surface area contributed by atoms with Gasteiger partial charge in [-0.2, -0.15) is 28.1 Å². The molecule has 6 aromatic rings. The number of alkyl halides is 6. The van der Waals surface area contributed by atoms with Crippen molar-refractivity contribution in [3.05, 3.63) is 122 Å². The fourth-order valence-corrected chi connectivity index (χ4v) is 6.17. The monoisotopic (exact) mass is 741 g/mol. The van der Waals surface area contributed by atoms with Crippen LogP contribution in [-0.2, 0) is 22.3 Å². The molecule has 0 fully saturated rings. The molecule has 3 aromatic carbocycles. The average molecular weight is 742 g/mol. The van der Waals surface area contributed by atoms with E-state index in [4.69, 9.17) is 23.2 Å². The Balaban J connectivity index is 0.000000259. The number of pyridine rings is 1. The lowest BCUT2D eigenvalue weighted by Gasteiger charge is -2.13. The van der Waals surface area contributed by atoms with E-state index in [1.54, 1.807) is 18.2 Å². The molecule has 0 saturated heterocycles. The first kappa shape index (κ1) is 35.5. The standard InChI is InChI=1S/C22H14Cl2F3N3O3S.C9H5F3N2O/c1-2-34(32,33)19-8-13(12-6-16(23)9-17(24)7-12)10-28-20(19)30-21(31)18-4-3-15(22(25,26)27)5-14(18)11-29-30;10-9(11,12)14-8(15)7-4-2-1-3-6(7)5-13-14/h3-11H,2H2,1H3;1-5H. The predicted molar refractivity (Wildman–Crippen MR) is 171 cm³/mol. The lowest BCUT2D eigenvalue weighted by atomic mass is 10.1. The molecule has 0 saturated carbocycles. The predicted octanol–water partition coefficient (Wildman–Crippen LogP) is 7.44. The number of fused-ring (bicyclic) bond motifs is 2. The van der Waals surface area contributed by atoms with Gasteiger partial charge in [-0.05, 0) is 54.1 Å². The zero-order valence-corrected chi connectivity index (χ0v) is 26.9. The molecule has 0 bridgehead atoms. The van der Waals surface area contributed by atoms with E-state index in [-0.39, 0.29) is 32.6 Å². The van der Waals surface area contributed by atoms with Gasteiger partial charge in [-0.15, -0.1) is 17.9 Å². The number of benzene rings is 3. The Morgan fingerprint density at radius 1 is 0.735 bits per heavy atom. The van der Waals surface area contributed by atoms with Gasteiger partial charge < -0.3 is 0 Å². The van der Waals surface area contributed by atoms with Crippen molar-refractivity contribution in [2.75, 3.05) is 5.75 Å². The van der Waals surface area contributed by atoms with E-state index in [1.807, 2.05) is 0 Å². The third kappa shape index (κ3) is 7.45. The van der Waals surface area contributed by atoms with Crippen molar-refractivity contribution < 1.29 is 34.8 Å². The van der Waals surface area contributed by atoms with Crippen LogP contribution in [0.3, 0.4) is 0 Å². The maximum absolute atomic E-state index is 13.1. The van der Waals surface area contributed by atoms with Crippen LogP contribution in [0.2, 0.25) is 10.0 Å². The maximum atomic E-state index is 13.1. The SMILES string of the molecule is CCS(=O)(=O)c1cc(-c2cc(Cl)cc(Cl)c2)cnc1-n1ncc2cc(C(F)(F)F)ccc2c1=O.O=c1c2ccccc2cnn1C(F)(F)F. The van der Waals surface area contributed by atoms with Gasteiger partial charge in [-0.1, -0.05) is 48.3 Å². The van der Waals surface area contributed by atoms with Gasteiger partial charge in [0, 0.05) is 32.6 Å². The van der Waals surface area contributed by atoms with Crippen molar-refractivity contribution in [1.29, 1.82) is 0 Å². The van der Waals surface area contributed by atoms with Crippen molar-refractivity contribution in [3.63, 3.8) is 0 Å². The van der Waals surface area contributed by atoms with Gasteiger partial charge in [0.25, 0.3) is 11.1 Å². The summed E-state index contributed by atoms with van der Waals surface area (Å²) >= 11 is 12.1. The fourth-order valence-electron chi connectivity index (χ4n) is 4.61. The summed E-state index contributed by atoms with van der Waals surface area (Å²) in [5.74, 6) is -0.566. The van der Waals surface area contributed by atoms with Crippen molar-refractivity contribution in [3.8, 4) is 16.9 Å². The topological polar surface area (TPSA) is 117 Å². The maximum Gasteiger partial charge on any atom is 0.507 e. The highest BCUT2D eigenvalue weighted by atomic mass is 35.5. The second kappa shape index (κ2) is 13.2. The van der Waals surface area contributed by atoms with Crippen LogP contribution in [0, 0.1) is 0 Å². The van der Waals surface area contributed by atoms with E-state index in [0.717, 1.165) is 35.3 Å². The molecule has 0 N–H and O–H groups in total. The molecule has 0 amide bonds. The van der Waals surface area contributed by atoms with Gasteiger partial charge in [0.2, 0.25) is 0 Å². The van der Waals surface area contributed by atoms with Crippen LogP contribution in [0.4, 0.5) is 26.3 Å². The van der Waals surface area contributed by atoms with Gasteiger partial charge in [-0.3, -0.25) is 9.59 Å². The van der Waals surface area contributed by atoms with Gasteiger partial charge in [0.05, 0.1) is 34.5 Å². The molecule has 0 aliphatic carbocycles. The second-order valence-corrected chi connectivity index (χ2v) is 13.3. The van der Waals surface area contributed by atoms with Crippen molar-refractivity contribution >= 4 is 54.6 Å². The molecule has 254 valence electrons. The van der Waals surface area contributed by atoms with E-state index in [2.05, 4.69) is 15.2 Å². The van der Waals surface area contributed by atoms with E-state index in [9.17, 15) is 44.3 Å². The minimum atomic E-state index is -4.78. The highest BCUT2D eigenvalue weighted by Crippen LogP contribution is 2.32. The van der Waals surface area contributed by atoms with Crippen LogP contribution in [0.5, 0.6) is 0 Å². The molecule has 6 rings (SSSR count). The zero-order valence-electron chi connectivity index (χ0n) is 24.6. The lowest BCUT2D eigenvalue weighted by Crippen LogP contribution is -2.32. The average Bonchev–Trinajstić information content (AvgIpc) is 3.04. The minimum absolute atomic E-state index is 0.00447. The lowest BCUT2D eigenvalue weighted by molar-refractivity contribution is -0.215. The van der Waals surface area contributed by atoms with Crippen LogP contribution in [0.15, 0.2) is 99.8 Å². The molecule has 0 unspecified atom stereocenters. The summed E-state index contributed by atoms with van der Waals surface area (Å²) in [5.41, 5.74) is -2.02. The van der Waals surface area contributed by atoms with Gasteiger partial charge >= 0.3 is 12.5 Å². The Bertz CT molecular complexity index is 2450. The first-order valence-electron chi connectivity index (χ1n) is 13.7. The van der Waals surface area contributed by atoms with E-state index < -0.39 is 43.7 Å². The smallest absolute Gasteiger partial charge is 0.267 e. The fraction of sp³-hybridized carbons (Fsp3) is 0.129. The Morgan fingerprint density at radius 2 is 1.37 bits per heavy atom. The summed E-state index contributed by atoms with van der Waals surface area (Å²) in [6.07, 6.45) is -5.96. The number of hydrogen-bond acceptors (Lipinski definition) is 7. The summed E-state index contributed by atoms with van der Waals surface area (Å²) < 4.78 is 102. The number of nitrogens with zero attached hydrogens (tertiary/aromatic N) is 5. The Kier molecular flexibility index (Phi) is 9.60. The molecule has 0 aliphatic heterocycles. The van der Waals surface area contributed by atoms with Crippen LogP contribution in [-0.4, -0.2) is 38.7 Å². The van der Waals surface area contributed by atoms with Crippen LogP contribution in [0.1, 0.15) is 12.5 Å². The molecule has 18 heteroatoms. The molecule has 3 aromatic heterocycles. The van der Waals surface area contributed by atoms with Gasteiger partial charge in [0.1, 0.15) is 4.90 Å². The van der Waals surface area contributed by atoms with Crippen molar-refractivity contribution in [1.82, 2.24) is 24.5 Å². The number of rotatable bonds is 4. The highest BCUT2D eigenvalue weighted by Gasteiger charge is 2.34. The largest absolute Gasteiger partial charge is 0.507 e. The summed E-state index contributed by atoms with van der Waals surface area (Å²) in [6, 6.07) is 14.6. The Labute approximate surface area is 281 Å². The molecular formula is C31H19Cl2F6N5O4S.